The minimum atomic E-state index is -3.69. The lowest BCUT2D eigenvalue weighted by atomic mass is 10.4. The third-order valence-electron chi connectivity index (χ3n) is 2.41. The average molecular weight is 312 g/mol. The predicted octanol–water partition coefficient (Wildman–Crippen LogP) is 1.84. The van der Waals surface area contributed by atoms with Crippen molar-refractivity contribution in [3.05, 3.63) is 46.7 Å². The summed E-state index contributed by atoms with van der Waals surface area (Å²) in [5, 5.41) is 1.66. The van der Waals surface area contributed by atoms with Crippen LogP contribution >= 0.6 is 11.3 Å². The van der Waals surface area contributed by atoms with Gasteiger partial charge in [-0.1, -0.05) is 18.2 Å². The SMILES string of the molecule is COC(=O)c1sccc1NNS(=O)(=O)c1ccccc1. The molecule has 0 bridgehead atoms. The second-order valence-corrected chi connectivity index (χ2v) is 6.30. The highest BCUT2D eigenvalue weighted by molar-refractivity contribution is 7.89. The number of hydrogen-bond donors (Lipinski definition) is 2. The van der Waals surface area contributed by atoms with Gasteiger partial charge in [0.1, 0.15) is 4.88 Å². The first-order valence-corrected chi connectivity index (χ1v) is 7.89. The molecule has 0 saturated heterocycles. The van der Waals surface area contributed by atoms with Gasteiger partial charge in [0.05, 0.1) is 17.7 Å². The van der Waals surface area contributed by atoms with Crippen LogP contribution in [0.4, 0.5) is 5.69 Å². The summed E-state index contributed by atoms with van der Waals surface area (Å²) in [7, 11) is -2.43. The molecule has 0 aliphatic carbocycles. The number of anilines is 1. The molecule has 0 saturated carbocycles. The van der Waals surface area contributed by atoms with Crippen LogP contribution < -0.4 is 10.3 Å². The van der Waals surface area contributed by atoms with Crippen LogP contribution in [0, 0.1) is 0 Å². The van der Waals surface area contributed by atoms with E-state index in [4.69, 9.17) is 0 Å². The normalized spacial score (nSPS) is 11.1. The highest BCUT2D eigenvalue weighted by Crippen LogP contribution is 2.22. The molecule has 20 heavy (non-hydrogen) atoms. The maximum absolute atomic E-state index is 12.0. The van der Waals surface area contributed by atoms with E-state index < -0.39 is 16.0 Å². The lowest BCUT2D eigenvalue weighted by Crippen LogP contribution is -2.30. The Balaban J connectivity index is 2.14. The predicted molar refractivity (Wildman–Crippen MR) is 76.0 cm³/mol. The van der Waals surface area contributed by atoms with Crippen LogP contribution in [-0.4, -0.2) is 21.5 Å². The average Bonchev–Trinajstić information content (AvgIpc) is 2.94. The van der Waals surface area contributed by atoms with Crippen molar-refractivity contribution in [2.45, 2.75) is 4.90 Å². The van der Waals surface area contributed by atoms with E-state index in [9.17, 15) is 13.2 Å². The molecule has 6 nitrogen and oxygen atoms in total. The van der Waals surface area contributed by atoms with E-state index in [2.05, 4.69) is 15.0 Å². The molecule has 0 atom stereocenters. The number of thiophene rings is 1. The molecule has 8 heteroatoms. The van der Waals surface area contributed by atoms with Crippen molar-refractivity contribution in [1.29, 1.82) is 0 Å². The summed E-state index contributed by atoms with van der Waals surface area (Å²) in [6, 6.07) is 9.50. The molecule has 1 aromatic carbocycles. The van der Waals surface area contributed by atoms with E-state index >= 15 is 0 Å². The van der Waals surface area contributed by atoms with Crippen LogP contribution in [0.1, 0.15) is 9.67 Å². The standard InChI is InChI=1S/C12H12N2O4S2/c1-18-12(15)11-10(7-8-19-11)13-14-20(16,17)9-5-3-2-4-6-9/h2-8,13-14H,1H3. The number of hydrazine groups is 1. The van der Waals surface area contributed by atoms with Gasteiger partial charge in [-0.25, -0.2) is 13.2 Å². The second-order valence-electron chi connectivity index (χ2n) is 3.70. The van der Waals surface area contributed by atoms with Gasteiger partial charge in [-0.15, -0.1) is 16.2 Å². The molecule has 0 amide bonds. The van der Waals surface area contributed by atoms with E-state index in [0.29, 0.717) is 10.6 Å². The van der Waals surface area contributed by atoms with E-state index in [0.717, 1.165) is 11.3 Å². The number of nitrogens with one attached hydrogen (secondary N) is 2. The van der Waals surface area contributed by atoms with Crippen molar-refractivity contribution in [3.63, 3.8) is 0 Å². The number of sulfonamides is 1. The highest BCUT2D eigenvalue weighted by Gasteiger charge is 2.17. The zero-order valence-corrected chi connectivity index (χ0v) is 12.1. The van der Waals surface area contributed by atoms with Crippen molar-refractivity contribution in [1.82, 2.24) is 4.83 Å². The van der Waals surface area contributed by atoms with Crippen LogP contribution in [0.5, 0.6) is 0 Å². The van der Waals surface area contributed by atoms with Crippen molar-refractivity contribution < 1.29 is 17.9 Å². The number of rotatable bonds is 5. The molecule has 0 aliphatic rings. The molecule has 0 spiro atoms. The Morgan fingerprint density at radius 3 is 2.55 bits per heavy atom. The lowest BCUT2D eigenvalue weighted by Gasteiger charge is -2.09. The Hall–Kier alpha value is -1.90. The number of methoxy groups -OCH3 is 1. The van der Waals surface area contributed by atoms with Gasteiger partial charge in [0.2, 0.25) is 0 Å². The Labute approximate surface area is 120 Å². The summed E-state index contributed by atoms with van der Waals surface area (Å²) in [5.41, 5.74) is 2.87. The van der Waals surface area contributed by atoms with Crippen LogP contribution in [-0.2, 0) is 14.8 Å². The molecule has 0 unspecified atom stereocenters. The van der Waals surface area contributed by atoms with Crippen LogP contribution in [0.15, 0.2) is 46.7 Å². The summed E-state index contributed by atoms with van der Waals surface area (Å²) in [6.07, 6.45) is 0. The fourth-order valence-electron chi connectivity index (χ4n) is 1.44. The van der Waals surface area contributed by atoms with E-state index in [1.54, 1.807) is 29.6 Å². The Kier molecular flexibility index (Phi) is 4.38. The molecule has 2 N–H and O–H groups in total. The molecule has 0 fully saturated rings. The number of ether oxygens (including phenoxy) is 1. The third-order valence-corrected chi connectivity index (χ3v) is 4.57. The zero-order chi connectivity index (χ0) is 14.6. The van der Waals surface area contributed by atoms with Gasteiger partial charge in [0, 0.05) is 0 Å². The first-order chi connectivity index (χ1) is 9.54. The molecule has 106 valence electrons. The van der Waals surface area contributed by atoms with Crippen LogP contribution in [0.2, 0.25) is 0 Å². The number of carbonyl (C=O) groups is 1. The summed E-state index contributed by atoms with van der Waals surface area (Å²) < 4.78 is 28.6. The number of carbonyl (C=O) groups excluding carboxylic acids is 1. The minimum absolute atomic E-state index is 0.127. The Morgan fingerprint density at radius 1 is 1.20 bits per heavy atom. The number of hydrogen-bond acceptors (Lipinski definition) is 6. The molecule has 1 heterocycles. The van der Waals surface area contributed by atoms with Gasteiger partial charge in [0.15, 0.2) is 0 Å². The maximum atomic E-state index is 12.0. The third kappa shape index (κ3) is 3.16. The molecule has 0 radical (unpaired) electrons. The first-order valence-electron chi connectivity index (χ1n) is 5.53. The monoisotopic (exact) mass is 312 g/mol. The van der Waals surface area contributed by atoms with E-state index in [1.807, 2.05) is 0 Å². The summed E-state index contributed by atoms with van der Waals surface area (Å²) in [6.45, 7) is 0. The second kappa shape index (κ2) is 6.04. The lowest BCUT2D eigenvalue weighted by molar-refractivity contribution is 0.0607. The zero-order valence-electron chi connectivity index (χ0n) is 10.5. The van der Waals surface area contributed by atoms with E-state index in [-0.39, 0.29) is 4.90 Å². The molecule has 1 aromatic heterocycles. The fourth-order valence-corrected chi connectivity index (χ4v) is 3.08. The minimum Gasteiger partial charge on any atom is -0.465 e. The van der Waals surface area contributed by atoms with Gasteiger partial charge in [0.25, 0.3) is 10.0 Å². The summed E-state index contributed by atoms with van der Waals surface area (Å²) >= 11 is 1.16. The maximum Gasteiger partial charge on any atom is 0.350 e. The van der Waals surface area contributed by atoms with Gasteiger partial charge < -0.3 is 10.2 Å². The molecule has 0 aliphatic heterocycles. The smallest absolute Gasteiger partial charge is 0.350 e. The quantitative estimate of drug-likeness (QED) is 0.650. The Morgan fingerprint density at radius 2 is 1.90 bits per heavy atom. The van der Waals surface area contributed by atoms with Crippen LogP contribution in [0.25, 0.3) is 0 Å². The number of esters is 1. The van der Waals surface area contributed by atoms with Gasteiger partial charge in [-0.3, -0.25) is 0 Å². The Bertz CT molecular complexity index is 695. The number of benzene rings is 1. The van der Waals surface area contributed by atoms with Gasteiger partial charge in [-0.2, -0.15) is 0 Å². The van der Waals surface area contributed by atoms with Crippen molar-refractivity contribution >= 4 is 33.0 Å². The van der Waals surface area contributed by atoms with E-state index in [1.165, 1.54) is 19.2 Å². The molecule has 2 aromatic rings. The molecular weight excluding hydrogens is 300 g/mol. The van der Waals surface area contributed by atoms with Crippen molar-refractivity contribution in [2.75, 3.05) is 12.5 Å². The molecule has 2 rings (SSSR count). The summed E-state index contributed by atoms with van der Waals surface area (Å²) in [5.74, 6) is -0.526. The largest absolute Gasteiger partial charge is 0.465 e. The topological polar surface area (TPSA) is 84.5 Å². The van der Waals surface area contributed by atoms with Crippen molar-refractivity contribution in [3.8, 4) is 0 Å². The van der Waals surface area contributed by atoms with Crippen LogP contribution in [0.3, 0.4) is 0 Å². The fraction of sp³-hybridized carbons (Fsp3) is 0.0833. The summed E-state index contributed by atoms with van der Waals surface area (Å²) in [4.78, 5) is 14.1. The van der Waals surface area contributed by atoms with Crippen molar-refractivity contribution in [2.24, 2.45) is 0 Å². The van der Waals surface area contributed by atoms with Gasteiger partial charge in [-0.05, 0) is 23.6 Å². The first kappa shape index (κ1) is 14.5. The van der Waals surface area contributed by atoms with Gasteiger partial charge >= 0.3 is 5.97 Å². The highest BCUT2D eigenvalue weighted by atomic mass is 32.2. The molecular formula is C12H12N2O4S2.